The van der Waals surface area contributed by atoms with Gasteiger partial charge in [0.1, 0.15) is 12.4 Å². The van der Waals surface area contributed by atoms with Gasteiger partial charge in [-0.15, -0.1) is 0 Å². The first-order chi connectivity index (χ1) is 17.4. The Kier molecular flexibility index (Phi) is 8.43. The Hall–Kier alpha value is -3.59. The van der Waals surface area contributed by atoms with E-state index in [1.807, 2.05) is 68.4 Å². The van der Waals surface area contributed by atoms with Gasteiger partial charge in [-0.1, -0.05) is 56.3 Å². The third kappa shape index (κ3) is 6.54. The zero-order valence-electron chi connectivity index (χ0n) is 20.9. The maximum atomic E-state index is 12.6. The summed E-state index contributed by atoms with van der Waals surface area (Å²) >= 11 is 0. The SMILES string of the molecule is COC(=O)C[C@H]1CN(C(=O)OCC(C)C)C[C@H]1c1cccc(OCC2=NC(c3ccccc3)ON2)c1. The van der Waals surface area contributed by atoms with Crippen molar-refractivity contribution >= 4 is 17.9 Å². The molecule has 0 saturated carbocycles. The molecular formula is C27H33N3O6. The number of hydrogen-bond donors (Lipinski definition) is 1. The number of amidine groups is 1. The Labute approximate surface area is 211 Å². The number of hydroxylamine groups is 1. The lowest BCUT2D eigenvalue weighted by Crippen LogP contribution is -2.30. The van der Waals surface area contributed by atoms with E-state index in [9.17, 15) is 9.59 Å². The van der Waals surface area contributed by atoms with Gasteiger partial charge in [-0.2, -0.15) is 0 Å². The third-order valence-electron chi connectivity index (χ3n) is 6.20. The first kappa shape index (κ1) is 25.5. The Bertz CT molecular complexity index is 1070. The molecule has 2 aromatic carbocycles. The smallest absolute Gasteiger partial charge is 0.409 e. The number of likely N-dealkylation sites (tertiary alicyclic amines) is 1. The molecule has 4 rings (SSSR count). The molecule has 2 aliphatic heterocycles. The molecule has 9 heteroatoms. The highest BCUT2D eigenvalue weighted by Crippen LogP contribution is 2.36. The summed E-state index contributed by atoms with van der Waals surface area (Å²) in [5.74, 6) is 1.08. The fourth-order valence-corrected chi connectivity index (χ4v) is 4.36. The number of aliphatic imine (C=N–C) groups is 1. The normalized spacial score (nSPS) is 21.2. The number of methoxy groups -OCH3 is 1. The summed E-state index contributed by atoms with van der Waals surface area (Å²) in [6, 6.07) is 17.5. The summed E-state index contributed by atoms with van der Waals surface area (Å²) in [5.41, 5.74) is 4.78. The van der Waals surface area contributed by atoms with Gasteiger partial charge in [0.05, 0.1) is 20.1 Å². The number of amides is 1. The first-order valence-electron chi connectivity index (χ1n) is 12.2. The first-order valence-corrected chi connectivity index (χ1v) is 12.2. The molecule has 1 saturated heterocycles. The second kappa shape index (κ2) is 11.9. The zero-order chi connectivity index (χ0) is 25.5. The van der Waals surface area contributed by atoms with Gasteiger partial charge in [-0.3, -0.25) is 4.79 Å². The van der Waals surface area contributed by atoms with E-state index in [2.05, 4.69) is 10.5 Å². The van der Waals surface area contributed by atoms with E-state index in [1.165, 1.54) is 7.11 Å². The monoisotopic (exact) mass is 495 g/mol. The van der Waals surface area contributed by atoms with Crippen molar-refractivity contribution in [3.63, 3.8) is 0 Å². The summed E-state index contributed by atoms with van der Waals surface area (Å²) in [4.78, 5) is 36.4. The average molecular weight is 496 g/mol. The minimum absolute atomic E-state index is 0.0491. The van der Waals surface area contributed by atoms with Crippen LogP contribution < -0.4 is 10.2 Å². The van der Waals surface area contributed by atoms with Crippen LogP contribution in [0.4, 0.5) is 4.79 Å². The van der Waals surface area contributed by atoms with Crippen LogP contribution in [-0.4, -0.2) is 56.2 Å². The number of carbonyl (C=O) groups is 2. The van der Waals surface area contributed by atoms with Crippen LogP contribution in [0.3, 0.4) is 0 Å². The number of benzene rings is 2. The van der Waals surface area contributed by atoms with Gasteiger partial charge in [0.2, 0.25) is 6.23 Å². The molecular weight excluding hydrogens is 462 g/mol. The fourth-order valence-electron chi connectivity index (χ4n) is 4.36. The van der Waals surface area contributed by atoms with E-state index in [-0.39, 0.29) is 42.8 Å². The molecule has 0 bridgehead atoms. The summed E-state index contributed by atoms with van der Waals surface area (Å²) < 4.78 is 16.3. The predicted molar refractivity (Wildman–Crippen MR) is 133 cm³/mol. The number of ether oxygens (including phenoxy) is 3. The van der Waals surface area contributed by atoms with Crippen LogP contribution in [0.15, 0.2) is 59.6 Å². The molecule has 9 nitrogen and oxygen atoms in total. The van der Waals surface area contributed by atoms with Crippen molar-refractivity contribution in [1.29, 1.82) is 0 Å². The summed E-state index contributed by atoms with van der Waals surface area (Å²) in [7, 11) is 1.38. The standard InChI is InChI=1S/C27H33N3O6/c1-18(2)16-35-27(32)30-14-21(13-25(31)33-3)23(15-30)20-10-7-11-22(12-20)34-17-24-28-26(36-29-24)19-8-5-4-6-9-19/h4-12,18,21,23,26H,13-17H2,1-3H3,(H,28,29)/t21-,23-,26?/m0/s1. The number of rotatable bonds is 9. The highest BCUT2D eigenvalue weighted by atomic mass is 16.7. The number of nitrogens with one attached hydrogen (secondary N) is 1. The maximum Gasteiger partial charge on any atom is 0.409 e. The third-order valence-corrected chi connectivity index (χ3v) is 6.20. The molecule has 192 valence electrons. The predicted octanol–water partition coefficient (Wildman–Crippen LogP) is 4.07. The van der Waals surface area contributed by atoms with Gasteiger partial charge in [0, 0.05) is 24.6 Å². The van der Waals surface area contributed by atoms with E-state index in [0.717, 1.165) is 11.1 Å². The number of nitrogens with zero attached hydrogens (tertiary/aromatic N) is 2. The van der Waals surface area contributed by atoms with Gasteiger partial charge < -0.3 is 19.1 Å². The summed E-state index contributed by atoms with van der Waals surface area (Å²) in [5, 5.41) is 0. The maximum absolute atomic E-state index is 12.6. The van der Waals surface area contributed by atoms with Crippen LogP contribution in [0.5, 0.6) is 5.75 Å². The molecule has 1 unspecified atom stereocenters. The second-order valence-electron chi connectivity index (χ2n) is 9.44. The molecule has 1 amide bonds. The summed E-state index contributed by atoms with van der Waals surface area (Å²) in [6.45, 7) is 5.45. The van der Waals surface area contributed by atoms with Gasteiger partial charge in [-0.25, -0.2) is 20.1 Å². The lowest BCUT2D eigenvalue weighted by Gasteiger charge is -2.18. The van der Waals surface area contributed by atoms with E-state index in [0.29, 0.717) is 31.3 Å². The quantitative estimate of drug-likeness (QED) is 0.524. The molecule has 0 radical (unpaired) electrons. The highest BCUT2D eigenvalue weighted by molar-refractivity contribution is 5.83. The topological polar surface area (TPSA) is 98.7 Å². The number of esters is 1. The molecule has 3 atom stereocenters. The van der Waals surface area contributed by atoms with E-state index in [4.69, 9.17) is 19.0 Å². The van der Waals surface area contributed by atoms with E-state index < -0.39 is 6.23 Å². The second-order valence-corrected chi connectivity index (χ2v) is 9.44. The van der Waals surface area contributed by atoms with Gasteiger partial charge in [-0.05, 0) is 29.5 Å². The average Bonchev–Trinajstić information content (AvgIpc) is 3.54. The fraction of sp³-hybridized carbons (Fsp3) is 0.444. The van der Waals surface area contributed by atoms with Crippen LogP contribution >= 0.6 is 0 Å². The van der Waals surface area contributed by atoms with Crippen LogP contribution in [0.25, 0.3) is 0 Å². The van der Waals surface area contributed by atoms with Crippen LogP contribution in [0.2, 0.25) is 0 Å². The van der Waals surface area contributed by atoms with Crippen molar-refractivity contribution in [2.75, 3.05) is 33.4 Å². The van der Waals surface area contributed by atoms with Gasteiger partial charge in [0.15, 0.2) is 5.84 Å². The Morgan fingerprint density at radius 1 is 1.11 bits per heavy atom. The van der Waals surface area contributed by atoms with Crippen molar-refractivity contribution in [3.8, 4) is 5.75 Å². The Morgan fingerprint density at radius 3 is 2.64 bits per heavy atom. The minimum Gasteiger partial charge on any atom is -0.486 e. The Balaban J connectivity index is 1.42. The largest absolute Gasteiger partial charge is 0.486 e. The summed E-state index contributed by atoms with van der Waals surface area (Å²) in [6.07, 6.45) is -0.541. The molecule has 2 aromatic rings. The van der Waals surface area contributed by atoms with Crippen molar-refractivity contribution < 1.29 is 28.6 Å². The van der Waals surface area contributed by atoms with Crippen LogP contribution in [0.1, 0.15) is 43.5 Å². The molecule has 1 N–H and O–H groups in total. The molecule has 1 fully saturated rings. The van der Waals surface area contributed by atoms with Crippen molar-refractivity contribution in [1.82, 2.24) is 10.4 Å². The molecule has 0 aliphatic carbocycles. The van der Waals surface area contributed by atoms with Crippen LogP contribution in [0, 0.1) is 11.8 Å². The van der Waals surface area contributed by atoms with E-state index >= 15 is 0 Å². The highest BCUT2D eigenvalue weighted by Gasteiger charge is 2.38. The molecule has 2 aliphatic rings. The van der Waals surface area contributed by atoms with Crippen molar-refractivity contribution in [3.05, 3.63) is 65.7 Å². The molecule has 0 spiro atoms. The van der Waals surface area contributed by atoms with Crippen molar-refractivity contribution in [2.24, 2.45) is 16.8 Å². The molecule has 0 aromatic heterocycles. The zero-order valence-corrected chi connectivity index (χ0v) is 20.9. The van der Waals surface area contributed by atoms with E-state index in [1.54, 1.807) is 4.90 Å². The minimum atomic E-state index is -0.407. The van der Waals surface area contributed by atoms with Crippen molar-refractivity contribution in [2.45, 2.75) is 32.4 Å². The lowest BCUT2D eigenvalue weighted by atomic mass is 9.87. The number of hydrogen-bond acceptors (Lipinski definition) is 8. The molecule has 36 heavy (non-hydrogen) atoms. The number of carbonyl (C=O) groups excluding carboxylic acids is 2. The lowest BCUT2D eigenvalue weighted by molar-refractivity contribution is -0.141. The van der Waals surface area contributed by atoms with Crippen LogP contribution in [-0.2, 0) is 19.1 Å². The van der Waals surface area contributed by atoms with Gasteiger partial charge in [0.25, 0.3) is 0 Å². The molecule has 2 heterocycles. The van der Waals surface area contributed by atoms with Gasteiger partial charge >= 0.3 is 12.1 Å². The Morgan fingerprint density at radius 2 is 1.89 bits per heavy atom.